The van der Waals surface area contributed by atoms with E-state index in [0.29, 0.717) is 11.8 Å². The van der Waals surface area contributed by atoms with Crippen LogP contribution in [0.25, 0.3) is 0 Å². The van der Waals surface area contributed by atoms with Gasteiger partial charge in [0.25, 0.3) is 0 Å². The molecule has 0 fully saturated rings. The number of nitrogens with one attached hydrogen (secondary N) is 1. The van der Waals surface area contributed by atoms with Gasteiger partial charge in [0.1, 0.15) is 23.3 Å². The molecule has 18 heavy (non-hydrogen) atoms. The van der Waals surface area contributed by atoms with Gasteiger partial charge < -0.3 is 14.6 Å². The Morgan fingerprint density at radius 2 is 2.28 bits per heavy atom. The summed E-state index contributed by atoms with van der Waals surface area (Å²) in [6.07, 6.45) is 1.62. The van der Waals surface area contributed by atoms with E-state index in [1.807, 2.05) is 32.3 Å². The molecule has 0 unspecified atom stereocenters. The molecule has 1 aromatic carbocycles. The molecule has 0 saturated carbocycles. The van der Waals surface area contributed by atoms with Crippen molar-refractivity contribution in [1.29, 1.82) is 0 Å². The van der Waals surface area contributed by atoms with Crippen molar-refractivity contribution in [1.82, 2.24) is 14.9 Å². The van der Waals surface area contributed by atoms with Gasteiger partial charge in [-0.05, 0) is 24.7 Å². The van der Waals surface area contributed by atoms with Crippen LogP contribution in [0.2, 0.25) is 5.15 Å². The van der Waals surface area contributed by atoms with Gasteiger partial charge >= 0.3 is 0 Å². The fourth-order valence-electron chi connectivity index (χ4n) is 1.66. The lowest BCUT2D eigenvalue weighted by Crippen LogP contribution is -2.06. The number of hydrogen-bond acceptors (Lipinski definition) is 3. The normalized spacial score (nSPS) is 10.6. The molecular weight excluding hydrogens is 250 g/mol. The number of benzene rings is 1. The van der Waals surface area contributed by atoms with Crippen LogP contribution >= 0.6 is 11.6 Å². The quantitative estimate of drug-likeness (QED) is 0.902. The molecule has 0 atom stereocenters. The second-order valence-electron chi connectivity index (χ2n) is 4.02. The molecule has 0 amide bonds. The fraction of sp³-hybridized carbons (Fsp3) is 0.308. The van der Waals surface area contributed by atoms with Gasteiger partial charge in [0, 0.05) is 13.6 Å². The molecule has 0 radical (unpaired) electrons. The molecule has 1 heterocycles. The van der Waals surface area contributed by atoms with Crippen LogP contribution < -0.4 is 10.1 Å². The molecule has 0 aliphatic rings. The predicted molar refractivity (Wildman–Crippen MR) is 71.8 cm³/mol. The molecule has 96 valence electrons. The van der Waals surface area contributed by atoms with E-state index in [9.17, 15) is 0 Å². The average molecular weight is 266 g/mol. The van der Waals surface area contributed by atoms with Crippen LogP contribution in [-0.2, 0) is 20.2 Å². The molecule has 2 rings (SSSR count). The van der Waals surface area contributed by atoms with Gasteiger partial charge in [-0.25, -0.2) is 4.98 Å². The first-order valence-electron chi connectivity index (χ1n) is 5.73. The van der Waals surface area contributed by atoms with Gasteiger partial charge in [0.05, 0.1) is 6.20 Å². The highest BCUT2D eigenvalue weighted by Gasteiger charge is 2.05. The average Bonchev–Trinajstić information content (AvgIpc) is 2.69. The topological polar surface area (TPSA) is 39.1 Å². The summed E-state index contributed by atoms with van der Waals surface area (Å²) in [5.41, 5.74) is 1.19. The fourth-order valence-corrected chi connectivity index (χ4v) is 1.80. The second kappa shape index (κ2) is 5.89. The number of rotatable bonds is 5. The van der Waals surface area contributed by atoms with Crippen LogP contribution in [0.1, 0.15) is 11.4 Å². The summed E-state index contributed by atoms with van der Waals surface area (Å²) in [4.78, 5) is 4.18. The Morgan fingerprint density at radius 1 is 1.44 bits per heavy atom. The summed E-state index contributed by atoms with van der Waals surface area (Å²) in [5.74, 6) is 1.64. The zero-order chi connectivity index (χ0) is 13.0. The van der Waals surface area contributed by atoms with Crippen molar-refractivity contribution < 1.29 is 4.74 Å². The van der Waals surface area contributed by atoms with Crippen LogP contribution in [0.15, 0.2) is 30.5 Å². The first-order valence-corrected chi connectivity index (χ1v) is 6.11. The summed E-state index contributed by atoms with van der Waals surface area (Å²) >= 11 is 5.91. The molecular formula is C13H16ClN3O. The van der Waals surface area contributed by atoms with E-state index in [4.69, 9.17) is 16.3 Å². The number of hydrogen-bond donors (Lipinski definition) is 1. The van der Waals surface area contributed by atoms with Gasteiger partial charge in [-0.2, -0.15) is 0 Å². The number of imidazole rings is 1. The van der Waals surface area contributed by atoms with E-state index < -0.39 is 0 Å². The third-order valence-corrected chi connectivity index (χ3v) is 3.03. The maximum absolute atomic E-state index is 5.91. The molecule has 0 spiro atoms. The van der Waals surface area contributed by atoms with Crippen LogP contribution in [0, 0.1) is 0 Å². The summed E-state index contributed by atoms with van der Waals surface area (Å²) < 4.78 is 7.51. The largest absolute Gasteiger partial charge is 0.486 e. The lowest BCUT2D eigenvalue weighted by molar-refractivity contribution is 0.291. The monoisotopic (exact) mass is 265 g/mol. The Kier molecular flexibility index (Phi) is 4.23. The number of ether oxygens (including phenoxy) is 1. The van der Waals surface area contributed by atoms with E-state index in [0.717, 1.165) is 18.1 Å². The lowest BCUT2D eigenvalue weighted by Gasteiger charge is -2.08. The van der Waals surface area contributed by atoms with Crippen molar-refractivity contribution >= 4 is 11.6 Å². The molecule has 0 aliphatic carbocycles. The summed E-state index contributed by atoms with van der Waals surface area (Å²) in [6.45, 7) is 1.23. The van der Waals surface area contributed by atoms with Crippen LogP contribution in [0.3, 0.4) is 0 Å². The van der Waals surface area contributed by atoms with E-state index in [2.05, 4.69) is 16.4 Å². The van der Waals surface area contributed by atoms with E-state index in [1.54, 1.807) is 10.8 Å². The van der Waals surface area contributed by atoms with Crippen molar-refractivity contribution in [2.45, 2.75) is 13.2 Å². The zero-order valence-corrected chi connectivity index (χ0v) is 11.2. The molecule has 1 aromatic heterocycles. The smallest absolute Gasteiger partial charge is 0.147 e. The zero-order valence-electron chi connectivity index (χ0n) is 10.5. The van der Waals surface area contributed by atoms with E-state index in [-0.39, 0.29) is 0 Å². The van der Waals surface area contributed by atoms with Gasteiger partial charge in [-0.15, -0.1) is 0 Å². The van der Waals surface area contributed by atoms with Gasteiger partial charge in [0.2, 0.25) is 0 Å². The summed E-state index contributed by atoms with van der Waals surface area (Å²) in [5, 5.41) is 3.72. The first-order chi connectivity index (χ1) is 8.70. The van der Waals surface area contributed by atoms with Crippen molar-refractivity contribution in [2.75, 3.05) is 7.05 Å². The Morgan fingerprint density at radius 3 is 2.94 bits per heavy atom. The summed E-state index contributed by atoms with van der Waals surface area (Å²) in [6, 6.07) is 7.99. The minimum absolute atomic E-state index is 0.409. The van der Waals surface area contributed by atoms with E-state index in [1.165, 1.54) is 5.56 Å². The number of halogens is 1. The standard InChI is InChI=1S/C13H16ClN3O/c1-15-7-10-4-3-5-11(6-10)18-9-13-16-8-12(14)17(13)2/h3-6,8,15H,7,9H2,1-2H3. The van der Waals surface area contributed by atoms with Gasteiger partial charge in [-0.3, -0.25) is 0 Å². The molecule has 2 aromatic rings. The van der Waals surface area contributed by atoms with Crippen LogP contribution in [0.4, 0.5) is 0 Å². The maximum Gasteiger partial charge on any atom is 0.147 e. The minimum Gasteiger partial charge on any atom is -0.486 e. The van der Waals surface area contributed by atoms with Gasteiger partial charge in [-0.1, -0.05) is 23.7 Å². The molecule has 1 N–H and O–H groups in total. The van der Waals surface area contributed by atoms with Crippen LogP contribution in [0.5, 0.6) is 5.75 Å². The van der Waals surface area contributed by atoms with E-state index >= 15 is 0 Å². The van der Waals surface area contributed by atoms with Gasteiger partial charge in [0.15, 0.2) is 0 Å². The predicted octanol–water partition coefficient (Wildman–Crippen LogP) is 2.37. The van der Waals surface area contributed by atoms with Crippen molar-refractivity contribution in [2.24, 2.45) is 7.05 Å². The third-order valence-electron chi connectivity index (χ3n) is 2.67. The molecule has 0 saturated heterocycles. The highest BCUT2D eigenvalue weighted by molar-refractivity contribution is 6.29. The minimum atomic E-state index is 0.409. The number of aromatic nitrogens is 2. The Hall–Kier alpha value is -1.52. The highest BCUT2D eigenvalue weighted by Crippen LogP contribution is 2.16. The first kappa shape index (κ1) is 12.9. The molecule has 0 bridgehead atoms. The van der Waals surface area contributed by atoms with Crippen molar-refractivity contribution in [3.8, 4) is 5.75 Å². The van der Waals surface area contributed by atoms with Crippen molar-refractivity contribution in [3.63, 3.8) is 0 Å². The summed E-state index contributed by atoms with van der Waals surface area (Å²) in [7, 11) is 3.79. The molecule has 0 aliphatic heterocycles. The molecule has 5 heteroatoms. The van der Waals surface area contributed by atoms with Crippen molar-refractivity contribution in [3.05, 3.63) is 47.0 Å². The SMILES string of the molecule is CNCc1cccc(OCc2ncc(Cl)n2C)c1. The Bertz CT molecular complexity index is 525. The second-order valence-corrected chi connectivity index (χ2v) is 4.41. The Balaban J connectivity index is 2.01. The van der Waals surface area contributed by atoms with Crippen LogP contribution in [-0.4, -0.2) is 16.6 Å². The highest BCUT2D eigenvalue weighted by atomic mass is 35.5. The maximum atomic E-state index is 5.91. The number of nitrogens with zero attached hydrogens (tertiary/aromatic N) is 2. The Labute approximate surface area is 112 Å². The third kappa shape index (κ3) is 3.03. The molecule has 4 nitrogen and oxygen atoms in total. The lowest BCUT2D eigenvalue weighted by atomic mass is 10.2.